The molecule has 4 nitrogen and oxygen atoms in total. The maximum absolute atomic E-state index is 11.4. The summed E-state index contributed by atoms with van der Waals surface area (Å²) in [4.78, 5) is 18.8. The predicted molar refractivity (Wildman–Crippen MR) is 75.8 cm³/mol. The monoisotopic (exact) mass is 269 g/mol. The van der Waals surface area contributed by atoms with Crippen LogP contribution >= 0.6 is 11.3 Å². The number of nitrogens with one attached hydrogen (secondary N) is 1. The summed E-state index contributed by atoms with van der Waals surface area (Å²) in [6.45, 7) is 5.11. The van der Waals surface area contributed by atoms with E-state index in [4.69, 9.17) is 0 Å². The molecule has 1 amide bonds. The summed E-state index contributed by atoms with van der Waals surface area (Å²) < 4.78 is 0. The molecule has 18 heavy (non-hydrogen) atoms. The molecule has 1 atom stereocenters. The Labute approximate surface area is 113 Å². The van der Waals surface area contributed by atoms with E-state index in [1.54, 1.807) is 30.3 Å². The molecule has 102 valence electrons. The van der Waals surface area contributed by atoms with Crippen molar-refractivity contribution >= 4 is 17.2 Å². The van der Waals surface area contributed by atoms with Gasteiger partial charge in [0.25, 0.3) is 0 Å². The van der Waals surface area contributed by atoms with E-state index >= 15 is 0 Å². The molecule has 1 unspecified atom stereocenters. The Morgan fingerprint density at radius 2 is 2.28 bits per heavy atom. The van der Waals surface area contributed by atoms with Crippen molar-refractivity contribution in [2.75, 3.05) is 20.6 Å². The van der Waals surface area contributed by atoms with Crippen molar-refractivity contribution in [2.45, 2.75) is 39.2 Å². The van der Waals surface area contributed by atoms with Crippen molar-refractivity contribution in [1.29, 1.82) is 0 Å². The average molecular weight is 269 g/mol. The number of hydrogen-bond acceptors (Lipinski definition) is 4. The van der Waals surface area contributed by atoms with Gasteiger partial charge in [-0.05, 0) is 26.3 Å². The zero-order chi connectivity index (χ0) is 13.5. The van der Waals surface area contributed by atoms with E-state index < -0.39 is 0 Å². The topological polar surface area (TPSA) is 45.2 Å². The van der Waals surface area contributed by atoms with E-state index in [0.717, 1.165) is 24.4 Å². The zero-order valence-electron chi connectivity index (χ0n) is 11.7. The fraction of sp³-hybridized carbons (Fsp3) is 0.692. The Kier molecular flexibility index (Phi) is 6.29. The van der Waals surface area contributed by atoms with E-state index in [1.807, 2.05) is 6.20 Å². The summed E-state index contributed by atoms with van der Waals surface area (Å²) in [7, 11) is 3.58. The first-order valence-corrected chi connectivity index (χ1v) is 7.24. The van der Waals surface area contributed by atoms with Crippen molar-refractivity contribution in [3.8, 4) is 0 Å². The van der Waals surface area contributed by atoms with Gasteiger partial charge in [-0.2, -0.15) is 0 Å². The van der Waals surface area contributed by atoms with Gasteiger partial charge in [-0.25, -0.2) is 4.98 Å². The van der Waals surface area contributed by atoms with Gasteiger partial charge in [-0.3, -0.25) is 4.79 Å². The van der Waals surface area contributed by atoms with E-state index in [-0.39, 0.29) is 11.9 Å². The molecule has 1 rings (SSSR count). The SMILES string of the molecule is CCc1cnc(C(C)NCCCC(=O)N(C)C)s1. The minimum Gasteiger partial charge on any atom is -0.349 e. The molecular weight excluding hydrogens is 246 g/mol. The molecule has 1 heterocycles. The van der Waals surface area contributed by atoms with E-state index in [2.05, 4.69) is 24.1 Å². The lowest BCUT2D eigenvalue weighted by Gasteiger charge is -2.12. The van der Waals surface area contributed by atoms with Gasteiger partial charge in [-0.1, -0.05) is 6.92 Å². The standard InChI is InChI=1S/C13H23N3OS/c1-5-11-9-15-13(18-11)10(2)14-8-6-7-12(17)16(3)4/h9-10,14H,5-8H2,1-4H3. The van der Waals surface area contributed by atoms with Crippen molar-refractivity contribution in [2.24, 2.45) is 0 Å². The third-order valence-corrected chi connectivity index (χ3v) is 4.13. The first kappa shape index (κ1) is 15.1. The lowest BCUT2D eigenvalue weighted by Crippen LogP contribution is -2.24. The molecule has 0 saturated carbocycles. The van der Waals surface area contributed by atoms with Gasteiger partial charge in [0, 0.05) is 31.6 Å². The number of nitrogens with zero attached hydrogens (tertiary/aromatic N) is 2. The summed E-state index contributed by atoms with van der Waals surface area (Å²) in [6.07, 6.45) is 4.47. The van der Waals surface area contributed by atoms with Crippen LogP contribution in [0.1, 0.15) is 42.6 Å². The average Bonchev–Trinajstić information content (AvgIpc) is 2.82. The van der Waals surface area contributed by atoms with Crippen LogP contribution in [0.15, 0.2) is 6.20 Å². The lowest BCUT2D eigenvalue weighted by atomic mass is 10.2. The number of aryl methyl sites for hydroxylation is 1. The molecule has 0 aromatic carbocycles. The number of thiazole rings is 1. The quantitative estimate of drug-likeness (QED) is 0.772. The minimum absolute atomic E-state index is 0.187. The molecule has 0 spiro atoms. The summed E-state index contributed by atoms with van der Waals surface area (Å²) >= 11 is 1.76. The van der Waals surface area contributed by atoms with Crippen LogP contribution in [0.3, 0.4) is 0 Å². The second-order valence-corrected chi connectivity index (χ2v) is 5.73. The summed E-state index contributed by atoms with van der Waals surface area (Å²) in [6, 6.07) is 0.268. The molecule has 0 radical (unpaired) electrons. The van der Waals surface area contributed by atoms with Gasteiger partial charge in [-0.15, -0.1) is 11.3 Å². The fourth-order valence-corrected chi connectivity index (χ4v) is 2.44. The molecule has 0 aliphatic heterocycles. The molecule has 1 aromatic rings. The second kappa shape index (κ2) is 7.48. The first-order valence-electron chi connectivity index (χ1n) is 6.42. The highest BCUT2D eigenvalue weighted by atomic mass is 32.1. The molecule has 1 aromatic heterocycles. The van der Waals surface area contributed by atoms with Crippen LogP contribution in [0.5, 0.6) is 0 Å². The van der Waals surface area contributed by atoms with Crippen molar-refractivity contribution < 1.29 is 4.79 Å². The highest BCUT2D eigenvalue weighted by Crippen LogP contribution is 2.20. The third kappa shape index (κ3) is 4.74. The highest BCUT2D eigenvalue weighted by Gasteiger charge is 2.09. The van der Waals surface area contributed by atoms with Gasteiger partial charge < -0.3 is 10.2 Å². The third-order valence-electron chi connectivity index (χ3n) is 2.81. The van der Waals surface area contributed by atoms with Crippen LogP contribution < -0.4 is 5.32 Å². The number of carbonyl (C=O) groups excluding carboxylic acids is 1. The second-order valence-electron chi connectivity index (χ2n) is 4.59. The summed E-state index contributed by atoms with van der Waals surface area (Å²) in [5.41, 5.74) is 0. The van der Waals surface area contributed by atoms with Gasteiger partial charge in [0.05, 0.1) is 6.04 Å². The fourth-order valence-electron chi connectivity index (χ4n) is 1.56. The minimum atomic E-state index is 0.187. The number of hydrogen-bond donors (Lipinski definition) is 1. The number of carbonyl (C=O) groups is 1. The van der Waals surface area contributed by atoms with Gasteiger partial charge in [0.1, 0.15) is 5.01 Å². The van der Waals surface area contributed by atoms with Crippen LogP contribution in [0.2, 0.25) is 0 Å². The zero-order valence-corrected chi connectivity index (χ0v) is 12.5. The van der Waals surface area contributed by atoms with Crippen LogP contribution in [0, 0.1) is 0 Å². The Bertz CT molecular complexity index is 376. The predicted octanol–water partition coefficient (Wildman–Crippen LogP) is 2.22. The van der Waals surface area contributed by atoms with Gasteiger partial charge >= 0.3 is 0 Å². The lowest BCUT2D eigenvalue weighted by molar-refractivity contribution is -0.128. The van der Waals surface area contributed by atoms with E-state index in [9.17, 15) is 4.79 Å². The Hall–Kier alpha value is -0.940. The molecule has 1 N–H and O–H groups in total. The highest BCUT2D eigenvalue weighted by molar-refractivity contribution is 7.11. The van der Waals surface area contributed by atoms with Crippen molar-refractivity contribution in [1.82, 2.24) is 15.2 Å². The largest absolute Gasteiger partial charge is 0.349 e. The number of amides is 1. The Balaban J connectivity index is 2.25. The van der Waals surface area contributed by atoms with Gasteiger partial charge in [0.2, 0.25) is 5.91 Å². The van der Waals surface area contributed by atoms with Crippen molar-refractivity contribution in [3.63, 3.8) is 0 Å². The summed E-state index contributed by atoms with van der Waals surface area (Å²) in [5.74, 6) is 0.187. The molecule has 5 heteroatoms. The molecule has 0 aliphatic carbocycles. The Morgan fingerprint density at radius 3 is 2.83 bits per heavy atom. The molecule has 0 bridgehead atoms. The number of aromatic nitrogens is 1. The van der Waals surface area contributed by atoms with Crippen LogP contribution in [-0.2, 0) is 11.2 Å². The molecule has 0 saturated heterocycles. The van der Waals surface area contributed by atoms with Crippen LogP contribution in [0.25, 0.3) is 0 Å². The van der Waals surface area contributed by atoms with Crippen LogP contribution in [0.4, 0.5) is 0 Å². The smallest absolute Gasteiger partial charge is 0.222 e. The van der Waals surface area contributed by atoms with E-state index in [0.29, 0.717) is 6.42 Å². The Morgan fingerprint density at radius 1 is 1.56 bits per heavy atom. The molecule has 0 aliphatic rings. The molecule has 0 fully saturated rings. The maximum Gasteiger partial charge on any atom is 0.222 e. The molecular formula is C13H23N3OS. The normalized spacial score (nSPS) is 12.4. The van der Waals surface area contributed by atoms with Crippen LogP contribution in [-0.4, -0.2) is 36.4 Å². The number of rotatable bonds is 7. The maximum atomic E-state index is 11.4. The first-order chi connectivity index (χ1) is 8.54. The van der Waals surface area contributed by atoms with E-state index in [1.165, 1.54) is 4.88 Å². The summed E-state index contributed by atoms with van der Waals surface area (Å²) in [5, 5.41) is 4.54. The van der Waals surface area contributed by atoms with Crippen molar-refractivity contribution in [3.05, 3.63) is 16.1 Å². The van der Waals surface area contributed by atoms with Gasteiger partial charge in [0.15, 0.2) is 0 Å².